The van der Waals surface area contributed by atoms with E-state index in [4.69, 9.17) is 10.5 Å². The van der Waals surface area contributed by atoms with E-state index in [0.29, 0.717) is 12.0 Å². The third kappa shape index (κ3) is 6.67. The highest BCUT2D eigenvalue weighted by molar-refractivity contribution is 5.78. The van der Waals surface area contributed by atoms with E-state index >= 15 is 0 Å². The van der Waals surface area contributed by atoms with Gasteiger partial charge in [0.05, 0.1) is 0 Å². The molecule has 0 bridgehead atoms. The van der Waals surface area contributed by atoms with E-state index in [2.05, 4.69) is 24.2 Å². The molecule has 0 aromatic rings. The molecular weight excluding hydrogens is 202 g/mol. The van der Waals surface area contributed by atoms with Gasteiger partial charge in [-0.15, -0.1) is 0 Å². The zero-order chi connectivity index (χ0) is 11.8. The van der Waals surface area contributed by atoms with Crippen molar-refractivity contribution in [2.75, 3.05) is 19.8 Å². The second-order valence-electron chi connectivity index (χ2n) is 4.59. The summed E-state index contributed by atoms with van der Waals surface area (Å²) >= 11 is 0. The molecule has 4 nitrogen and oxygen atoms in total. The molecule has 3 N–H and O–H groups in total. The molecule has 1 fully saturated rings. The molecule has 4 heteroatoms. The van der Waals surface area contributed by atoms with Gasteiger partial charge >= 0.3 is 0 Å². The van der Waals surface area contributed by atoms with Crippen molar-refractivity contribution in [3.63, 3.8) is 0 Å². The second kappa shape index (κ2) is 7.49. The van der Waals surface area contributed by atoms with Crippen molar-refractivity contribution in [2.45, 2.75) is 45.6 Å². The Morgan fingerprint density at radius 1 is 1.56 bits per heavy atom. The number of hydrogen-bond acceptors (Lipinski definition) is 2. The molecule has 16 heavy (non-hydrogen) atoms. The van der Waals surface area contributed by atoms with Crippen molar-refractivity contribution in [3.8, 4) is 0 Å². The number of ether oxygens (including phenoxy) is 1. The normalized spacial score (nSPS) is 18.5. The lowest BCUT2D eigenvalue weighted by Gasteiger charge is -2.11. The highest BCUT2D eigenvalue weighted by atomic mass is 16.5. The second-order valence-corrected chi connectivity index (χ2v) is 4.59. The molecule has 0 aromatic carbocycles. The Kier molecular flexibility index (Phi) is 6.23. The first-order chi connectivity index (χ1) is 7.72. The molecule has 0 saturated heterocycles. The summed E-state index contributed by atoms with van der Waals surface area (Å²) in [5, 5.41) is 3.14. The first-order valence-corrected chi connectivity index (χ1v) is 6.36. The van der Waals surface area contributed by atoms with Gasteiger partial charge in [-0.25, -0.2) is 0 Å². The molecule has 0 heterocycles. The Balaban J connectivity index is 1.92. The highest BCUT2D eigenvalue weighted by Crippen LogP contribution is 2.28. The largest absolute Gasteiger partial charge is 0.381 e. The first-order valence-electron chi connectivity index (χ1n) is 6.36. The van der Waals surface area contributed by atoms with Gasteiger partial charge in [-0.1, -0.05) is 6.92 Å². The Bertz CT molecular complexity index is 214. The van der Waals surface area contributed by atoms with Crippen LogP contribution >= 0.6 is 0 Å². The van der Waals surface area contributed by atoms with E-state index < -0.39 is 0 Å². The summed E-state index contributed by atoms with van der Waals surface area (Å²) < 4.78 is 5.51. The van der Waals surface area contributed by atoms with Crippen LogP contribution in [0.25, 0.3) is 0 Å². The zero-order valence-electron chi connectivity index (χ0n) is 10.5. The summed E-state index contributed by atoms with van der Waals surface area (Å²) in [6, 6.07) is 0.398. The lowest BCUT2D eigenvalue weighted by atomic mass is 10.3. The zero-order valence-corrected chi connectivity index (χ0v) is 10.5. The van der Waals surface area contributed by atoms with Crippen LogP contribution in [-0.2, 0) is 4.74 Å². The van der Waals surface area contributed by atoms with Crippen LogP contribution in [-0.4, -0.2) is 31.8 Å². The predicted molar refractivity (Wildman–Crippen MR) is 67.5 cm³/mol. The van der Waals surface area contributed by atoms with Crippen LogP contribution in [0.3, 0.4) is 0 Å². The van der Waals surface area contributed by atoms with Crippen LogP contribution in [0.2, 0.25) is 0 Å². The van der Waals surface area contributed by atoms with E-state index in [1.165, 1.54) is 12.8 Å². The third-order valence-corrected chi connectivity index (χ3v) is 2.79. The third-order valence-electron chi connectivity index (χ3n) is 2.79. The van der Waals surface area contributed by atoms with Crippen LogP contribution in [0.1, 0.15) is 39.5 Å². The van der Waals surface area contributed by atoms with Crippen LogP contribution in [0, 0.1) is 5.92 Å². The molecule has 0 amide bonds. The maximum Gasteiger partial charge on any atom is 0.188 e. The number of nitrogens with zero attached hydrogens (tertiary/aromatic N) is 1. The minimum Gasteiger partial charge on any atom is -0.381 e. The van der Waals surface area contributed by atoms with Gasteiger partial charge in [0.2, 0.25) is 0 Å². The van der Waals surface area contributed by atoms with Crippen molar-refractivity contribution < 1.29 is 4.74 Å². The Labute approximate surface area is 98.6 Å². The molecule has 0 aromatic heterocycles. The number of hydrogen-bond donors (Lipinski definition) is 2. The molecule has 1 aliphatic carbocycles. The van der Waals surface area contributed by atoms with Crippen LogP contribution < -0.4 is 11.1 Å². The molecule has 1 saturated carbocycles. The molecule has 1 aliphatic rings. The highest BCUT2D eigenvalue weighted by Gasteiger charge is 2.20. The predicted octanol–water partition coefficient (Wildman–Crippen LogP) is 1.51. The summed E-state index contributed by atoms with van der Waals surface area (Å²) in [6.07, 6.45) is 4.71. The standard InChI is InChI=1S/C12H25N3O/c1-3-10(2)15-12(13)14-7-4-8-16-9-11-5-6-11/h10-11H,3-9H2,1-2H3,(H3,13,14,15). The topological polar surface area (TPSA) is 59.6 Å². The maximum absolute atomic E-state index is 5.72. The minimum atomic E-state index is 0.398. The number of rotatable bonds is 8. The van der Waals surface area contributed by atoms with Gasteiger partial charge in [0.1, 0.15) is 0 Å². The SMILES string of the molecule is CCC(C)NC(N)=NCCCOCC1CC1. The van der Waals surface area contributed by atoms with Gasteiger partial charge < -0.3 is 15.8 Å². The molecule has 0 aliphatic heterocycles. The van der Waals surface area contributed by atoms with E-state index in [9.17, 15) is 0 Å². The van der Waals surface area contributed by atoms with Gasteiger partial charge in [-0.05, 0) is 38.5 Å². The van der Waals surface area contributed by atoms with E-state index in [0.717, 1.165) is 38.5 Å². The maximum atomic E-state index is 5.72. The van der Waals surface area contributed by atoms with E-state index in [-0.39, 0.29) is 0 Å². The fraction of sp³-hybridized carbons (Fsp3) is 0.917. The minimum absolute atomic E-state index is 0.398. The lowest BCUT2D eigenvalue weighted by Crippen LogP contribution is -2.38. The smallest absolute Gasteiger partial charge is 0.188 e. The molecule has 94 valence electrons. The van der Waals surface area contributed by atoms with Crippen molar-refractivity contribution >= 4 is 5.96 Å². The number of aliphatic imine (C=N–C) groups is 1. The molecule has 0 spiro atoms. The molecular formula is C12H25N3O. The van der Waals surface area contributed by atoms with Crippen LogP contribution in [0.15, 0.2) is 4.99 Å². The van der Waals surface area contributed by atoms with E-state index in [1.54, 1.807) is 0 Å². The van der Waals surface area contributed by atoms with Crippen molar-refractivity contribution in [3.05, 3.63) is 0 Å². The summed E-state index contributed by atoms with van der Waals surface area (Å²) in [6.45, 7) is 6.71. The first kappa shape index (κ1) is 13.3. The number of guanidine groups is 1. The van der Waals surface area contributed by atoms with Crippen molar-refractivity contribution in [1.29, 1.82) is 0 Å². The monoisotopic (exact) mass is 227 g/mol. The van der Waals surface area contributed by atoms with Crippen LogP contribution in [0.5, 0.6) is 0 Å². The summed E-state index contributed by atoms with van der Waals surface area (Å²) in [7, 11) is 0. The molecule has 1 rings (SSSR count). The summed E-state index contributed by atoms with van der Waals surface area (Å²) in [4.78, 5) is 4.25. The lowest BCUT2D eigenvalue weighted by molar-refractivity contribution is 0.123. The quantitative estimate of drug-likeness (QED) is 0.375. The molecule has 1 atom stereocenters. The van der Waals surface area contributed by atoms with Gasteiger partial charge in [-0.3, -0.25) is 4.99 Å². The molecule has 1 unspecified atom stereocenters. The number of nitrogens with one attached hydrogen (secondary N) is 1. The fourth-order valence-electron chi connectivity index (χ4n) is 1.30. The van der Waals surface area contributed by atoms with Crippen molar-refractivity contribution in [2.24, 2.45) is 16.6 Å². The van der Waals surface area contributed by atoms with Crippen LogP contribution in [0.4, 0.5) is 0 Å². The van der Waals surface area contributed by atoms with Gasteiger partial charge in [0.15, 0.2) is 5.96 Å². The fourth-order valence-corrected chi connectivity index (χ4v) is 1.30. The summed E-state index contributed by atoms with van der Waals surface area (Å²) in [5.41, 5.74) is 5.72. The number of nitrogens with two attached hydrogens (primary N) is 1. The Hall–Kier alpha value is -0.770. The van der Waals surface area contributed by atoms with Crippen molar-refractivity contribution in [1.82, 2.24) is 5.32 Å². The van der Waals surface area contributed by atoms with Gasteiger partial charge in [0.25, 0.3) is 0 Å². The average molecular weight is 227 g/mol. The van der Waals surface area contributed by atoms with Gasteiger partial charge in [-0.2, -0.15) is 0 Å². The Morgan fingerprint density at radius 3 is 2.94 bits per heavy atom. The van der Waals surface area contributed by atoms with E-state index in [1.807, 2.05) is 0 Å². The Morgan fingerprint density at radius 2 is 2.31 bits per heavy atom. The average Bonchev–Trinajstić information content (AvgIpc) is 3.06. The molecule has 0 radical (unpaired) electrons. The van der Waals surface area contributed by atoms with Gasteiger partial charge in [0, 0.05) is 25.8 Å². The summed E-state index contributed by atoms with van der Waals surface area (Å²) in [5.74, 6) is 1.40.